The molecule has 0 spiro atoms. The lowest BCUT2D eigenvalue weighted by Crippen LogP contribution is -2.43. The summed E-state index contributed by atoms with van der Waals surface area (Å²) in [6.45, 7) is 0.111. The molecule has 9 heteroatoms. The van der Waals surface area contributed by atoms with Gasteiger partial charge in [0.2, 0.25) is 16.8 Å². The Bertz CT molecular complexity index is 901. The van der Waals surface area contributed by atoms with E-state index in [-0.39, 0.29) is 17.4 Å². The van der Waals surface area contributed by atoms with Gasteiger partial charge in [-0.25, -0.2) is 13.2 Å². The first kappa shape index (κ1) is 19.5. The highest BCUT2D eigenvalue weighted by Gasteiger charge is 2.27. The molecular formula is C18H19NO6S2. The van der Waals surface area contributed by atoms with Gasteiger partial charge in [-0.1, -0.05) is 18.2 Å². The second-order valence-electron chi connectivity index (χ2n) is 5.70. The van der Waals surface area contributed by atoms with Crippen molar-refractivity contribution in [3.8, 4) is 17.2 Å². The predicted octanol–water partition coefficient (Wildman–Crippen LogP) is 2.42. The van der Waals surface area contributed by atoms with Crippen LogP contribution in [0.4, 0.5) is 0 Å². The summed E-state index contributed by atoms with van der Waals surface area (Å²) >= 11 is 1.51. The average molecular weight is 409 g/mol. The van der Waals surface area contributed by atoms with E-state index in [9.17, 15) is 13.2 Å². The topological polar surface area (TPSA) is 90.9 Å². The summed E-state index contributed by atoms with van der Waals surface area (Å²) in [5, 5.41) is 0. The molecule has 0 aromatic heterocycles. The zero-order chi connectivity index (χ0) is 19.3. The van der Waals surface area contributed by atoms with Gasteiger partial charge in [-0.05, 0) is 42.7 Å². The molecule has 3 rings (SSSR count). The lowest BCUT2D eigenvalue weighted by molar-refractivity contribution is -0.136. The number of fused-ring (bicyclic) bond motifs is 1. The average Bonchev–Trinajstić information content (AvgIpc) is 3.13. The third-order valence-electron chi connectivity index (χ3n) is 3.81. The number of carbonyl (C=O) groups is 1. The number of hydrogen-bond donors (Lipinski definition) is 1. The van der Waals surface area contributed by atoms with Gasteiger partial charge >= 0.3 is 5.97 Å². The maximum absolute atomic E-state index is 12.6. The molecule has 1 heterocycles. The van der Waals surface area contributed by atoms with Crippen LogP contribution in [0.15, 0.2) is 53.4 Å². The van der Waals surface area contributed by atoms with Crippen LogP contribution >= 0.6 is 11.8 Å². The monoisotopic (exact) mass is 409 g/mol. The number of benzene rings is 2. The number of sulfonamides is 1. The highest BCUT2D eigenvalue weighted by molar-refractivity contribution is 7.98. The molecule has 7 nitrogen and oxygen atoms in total. The van der Waals surface area contributed by atoms with Crippen LogP contribution in [0, 0.1) is 0 Å². The number of hydrogen-bond acceptors (Lipinski definition) is 7. The Kier molecular flexibility index (Phi) is 6.25. The van der Waals surface area contributed by atoms with Gasteiger partial charge in [0.15, 0.2) is 11.5 Å². The summed E-state index contributed by atoms with van der Waals surface area (Å²) in [5.74, 6) is 1.22. The van der Waals surface area contributed by atoms with E-state index in [1.54, 1.807) is 30.3 Å². The minimum absolute atomic E-state index is 0.0926. The van der Waals surface area contributed by atoms with Crippen molar-refractivity contribution in [2.24, 2.45) is 0 Å². The summed E-state index contributed by atoms with van der Waals surface area (Å²) in [7, 11) is -3.84. The summed E-state index contributed by atoms with van der Waals surface area (Å²) < 4.78 is 43.4. The summed E-state index contributed by atoms with van der Waals surface area (Å²) in [6, 6.07) is 11.6. The predicted molar refractivity (Wildman–Crippen MR) is 102 cm³/mol. The second kappa shape index (κ2) is 8.64. The molecule has 1 aliphatic heterocycles. The number of ether oxygens (including phenoxy) is 3. The van der Waals surface area contributed by atoms with Crippen LogP contribution in [-0.4, -0.2) is 39.2 Å². The molecule has 0 amide bonds. The fourth-order valence-electron chi connectivity index (χ4n) is 2.44. The van der Waals surface area contributed by atoms with E-state index >= 15 is 0 Å². The number of thioether (sulfide) groups is 1. The van der Waals surface area contributed by atoms with Crippen LogP contribution in [0.1, 0.15) is 6.42 Å². The lowest BCUT2D eigenvalue weighted by atomic mass is 10.2. The van der Waals surface area contributed by atoms with Crippen LogP contribution in [0.5, 0.6) is 17.2 Å². The van der Waals surface area contributed by atoms with Crippen LogP contribution in [0.2, 0.25) is 0 Å². The molecule has 2 aromatic rings. The van der Waals surface area contributed by atoms with E-state index in [4.69, 9.17) is 14.2 Å². The molecule has 0 saturated carbocycles. The molecule has 0 radical (unpaired) electrons. The minimum atomic E-state index is -3.84. The Labute approximate surface area is 162 Å². The van der Waals surface area contributed by atoms with E-state index in [2.05, 4.69) is 4.72 Å². The van der Waals surface area contributed by atoms with E-state index in [0.29, 0.717) is 23.7 Å². The van der Waals surface area contributed by atoms with Crippen molar-refractivity contribution in [2.75, 3.05) is 18.8 Å². The number of rotatable bonds is 8. The van der Waals surface area contributed by atoms with Crippen LogP contribution < -0.4 is 18.9 Å². The molecule has 1 aliphatic rings. The van der Waals surface area contributed by atoms with Crippen molar-refractivity contribution in [3.63, 3.8) is 0 Å². The van der Waals surface area contributed by atoms with Crippen LogP contribution in [-0.2, 0) is 14.8 Å². The molecule has 0 unspecified atom stereocenters. The Balaban J connectivity index is 1.74. The number of esters is 1. The molecule has 0 saturated heterocycles. The fourth-order valence-corrected chi connectivity index (χ4v) is 4.15. The van der Waals surface area contributed by atoms with Crippen molar-refractivity contribution in [1.29, 1.82) is 0 Å². The van der Waals surface area contributed by atoms with Gasteiger partial charge in [-0.15, -0.1) is 0 Å². The minimum Gasteiger partial charge on any atom is -0.454 e. The van der Waals surface area contributed by atoms with Crippen molar-refractivity contribution >= 4 is 27.8 Å². The smallest absolute Gasteiger partial charge is 0.329 e. The van der Waals surface area contributed by atoms with E-state index in [1.165, 1.54) is 30.0 Å². The van der Waals surface area contributed by atoms with Gasteiger partial charge in [0.05, 0.1) is 4.90 Å². The Hall–Kier alpha value is -2.23. The van der Waals surface area contributed by atoms with E-state index in [1.807, 2.05) is 6.26 Å². The number of nitrogens with one attached hydrogen (secondary N) is 1. The molecule has 144 valence electrons. The van der Waals surface area contributed by atoms with Gasteiger partial charge in [0.25, 0.3) is 0 Å². The SMILES string of the molecule is CSCC[C@@H](NS(=O)(=O)c1ccccc1)C(=O)Oc1ccc2c(c1)OCO2. The lowest BCUT2D eigenvalue weighted by Gasteiger charge is -2.17. The summed E-state index contributed by atoms with van der Waals surface area (Å²) in [6.07, 6.45) is 2.18. The maximum Gasteiger partial charge on any atom is 0.329 e. The first-order chi connectivity index (χ1) is 13.0. The molecule has 1 N–H and O–H groups in total. The van der Waals surface area contributed by atoms with Crippen LogP contribution in [0.3, 0.4) is 0 Å². The quantitative estimate of drug-likeness (QED) is 0.529. The summed E-state index contributed by atoms with van der Waals surface area (Å²) in [5.41, 5.74) is 0. The largest absolute Gasteiger partial charge is 0.454 e. The Morgan fingerprint density at radius 2 is 1.93 bits per heavy atom. The number of carbonyl (C=O) groups excluding carboxylic acids is 1. The van der Waals surface area contributed by atoms with Crippen LogP contribution in [0.25, 0.3) is 0 Å². The van der Waals surface area contributed by atoms with Crippen molar-refractivity contribution in [2.45, 2.75) is 17.4 Å². The maximum atomic E-state index is 12.6. The molecule has 0 bridgehead atoms. The van der Waals surface area contributed by atoms with Crippen molar-refractivity contribution < 1.29 is 27.4 Å². The highest BCUT2D eigenvalue weighted by Crippen LogP contribution is 2.35. The third kappa shape index (κ3) is 4.94. The van der Waals surface area contributed by atoms with E-state index in [0.717, 1.165) is 0 Å². The van der Waals surface area contributed by atoms with Gasteiger partial charge in [0.1, 0.15) is 11.8 Å². The zero-order valence-electron chi connectivity index (χ0n) is 14.6. The van der Waals surface area contributed by atoms with E-state index < -0.39 is 22.0 Å². The van der Waals surface area contributed by atoms with Gasteiger partial charge in [0, 0.05) is 6.07 Å². The standard InChI is InChI=1S/C18H19NO6S2/c1-26-10-9-15(19-27(21,22)14-5-3-2-4-6-14)18(20)25-13-7-8-16-17(11-13)24-12-23-16/h2-8,11,15,19H,9-10,12H2,1H3/t15-/m1/s1. The molecule has 1 atom stereocenters. The first-order valence-corrected chi connectivity index (χ1v) is 11.0. The van der Waals surface area contributed by atoms with Gasteiger partial charge in [-0.3, -0.25) is 0 Å². The fraction of sp³-hybridized carbons (Fsp3) is 0.278. The Morgan fingerprint density at radius 1 is 1.19 bits per heavy atom. The zero-order valence-corrected chi connectivity index (χ0v) is 16.2. The van der Waals surface area contributed by atoms with Gasteiger partial charge < -0.3 is 14.2 Å². The molecule has 0 aliphatic carbocycles. The van der Waals surface area contributed by atoms with Crippen molar-refractivity contribution in [1.82, 2.24) is 4.72 Å². The third-order valence-corrected chi connectivity index (χ3v) is 5.94. The highest BCUT2D eigenvalue weighted by atomic mass is 32.2. The van der Waals surface area contributed by atoms with Gasteiger partial charge in [-0.2, -0.15) is 16.5 Å². The molecule has 2 aromatic carbocycles. The first-order valence-electron chi connectivity index (χ1n) is 8.17. The Morgan fingerprint density at radius 3 is 2.67 bits per heavy atom. The second-order valence-corrected chi connectivity index (χ2v) is 8.40. The summed E-state index contributed by atoms with van der Waals surface area (Å²) in [4.78, 5) is 12.7. The molecular weight excluding hydrogens is 390 g/mol. The van der Waals surface area contributed by atoms with Crippen molar-refractivity contribution in [3.05, 3.63) is 48.5 Å². The molecule has 27 heavy (non-hydrogen) atoms. The normalized spacial score (nSPS) is 14.0. The molecule has 0 fully saturated rings.